The molecule has 2 rings (SSSR count). The Balaban J connectivity index is 2.35. The van der Waals surface area contributed by atoms with E-state index in [2.05, 4.69) is 15.6 Å². The number of aromatic nitrogens is 1. The maximum Gasteiger partial charge on any atom is 0.360 e. The van der Waals surface area contributed by atoms with Crippen LogP contribution in [0.4, 0.5) is 15.1 Å². The summed E-state index contributed by atoms with van der Waals surface area (Å²) in [6.45, 7) is 6.63. The summed E-state index contributed by atoms with van der Waals surface area (Å²) in [6, 6.07) is 3.07. The van der Waals surface area contributed by atoms with E-state index in [1.165, 1.54) is 12.6 Å². The van der Waals surface area contributed by atoms with Gasteiger partial charge in [-0.1, -0.05) is 0 Å². The predicted molar refractivity (Wildman–Crippen MR) is 128 cm³/mol. The van der Waals surface area contributed by atoms with E-state index >= 15 is 0 Å². The number of rotatable bonds is 8. The maximum atomic E-state index is 14.6. The number of carbonyl (C=O) groups is 2. The number of nitrogens with one attached hydrogen (secondary N) is 3. The summed E-state index contributed by atoms with van der Waals surface area (Å²) in [5.74, 6) is -2.42. The van der Waals surface area contributed by atoms with Crippen molar-refractivity contribution in [3.63, 3.8) is 0 Å². The van der Waals surface area contributed by atoms with Crippen molar-refractivity contribution >= 4 is 58.5 Å². The standard InChI is InChI=1S/C19H25FN5O5PS2/c1-19(2,3)30-18(27)16-17(32-10-23-16)25(31-5)33(28,29)11-6-7-13(12(20)8-11)24-15(26)9-14(21)22-4/h6-8,10,31H,9H2,1-5H3,(H2,21,22)(H,24,26). The average Bonchev–Trinajstić information content (AvgIpc) is 3.17. The van der Waals surface area contributed by atoms with E-state index < -0.39 is 33.3 Å². The minimum absolute atomic E-state index is 0.0583. The van der Waals surface area contributed by atoms with Crippen LogP contribution in [0.3, 0.4) is 0 Å². The lowest BCUT2D eigenvalue weighted by molar-refractivity contribution is -0.115. The second-order valence-corrected chi connectivity index (χ2v) is 11.4. The Labute approximate surface area is 197 Å². The number of amidine groups is 1. The van der Waals surface area contributed by atoms with Gasteiger partial charge in [-0.25, -0.2) is 26.7 Å². The van der Waals surface area contributed by atoms with Crippen LogP contribution in [0.25, 0.3) is 0 Å². The molecule has 0 radical (unpaired) electrons. The average molecular weight is 518 g/mol. The first-order valence-electron chi connectivity index (χ1n) is 9.54. The summed E-state index contributed by atoms with van der Waals surface area (Å²) in [6.07, 6.45) is -0.292. The van der Waals surface area contributed by atoms with Gasteiger partial charge in [-0.3, -0.25) is 10.2 Å². The highest BCUT2D eigenvalue weighted by molar-refractivity contribution is 7.98. The Kier molecular flexibility index (Phi) is 8.50. The zero-order chi connectivity index (χ0) is 25.0. The fourth-order valence-corrected chi connectivity index (χ4v) is 6.54. The molecule has 180 valence electrons. The van der Waals surface area contributed by atoms with Crippen molar-refractivity contribution in [2.24, 2.45) is 0 Å². The van der Waals surface area contributed by atoms with Gasteiger partial charge in [-0.05, 0) is 54.4 Å². The molecular formula is C19H25FN5O5PS2. The lowest BCUT2D eigenvalue weighted by Crippen LogP contribution is -2.27. The minimum atomic E-state index is -4.25. The smallest absolute Gasteiger partial charge is 0.360 e. The third-order valence-electron chi connectivity index (χ3n) is 3.92. The Morgan fingerprint density at radius 3 is 2.55 bits per heavy atom. The van der Waals surface area contributed by atoms with Crippen LogP contribution in [0.1, 0.15) is 37.7 Å². The zero-order valence-corrected chi connectivity index (χ0v) is 21.3. The molecule has 0 saturated carbocycles. The number of nitrogens with zero attached hydrogens (tertiary/aromatic N) is 2. The molecule has 1 unspecified atom stereocenters. The highest BCUT2D eigenvalue weighted by Crippen LogP contribution is 2.38. The summed E-state index contributed by atoms with van der Waals surface area (Å²) < 4.78 is 47.4. The Hall–Kier alpha value is -2.63. The van der Waals surface area contributed by atoms with Crippen LogP contribution in [0.15, 0.2) is 28.6 Å². The van der Waals surface area contributed by atoms with Crippen LogP contribution in [0.2, 0.25) is 0 Å². The molecule has 2 aromatic rings. The quantitative estimate of drug-likeness (QED) is 0.211. The van der Waals surface area contributed by atoms with Gasteiger partial charge in [0.05, 0.1) is 22.5 Å². The molecule has 33 heavy (non-hydrogen) atoms. The van der Waals surface area contributed by atoms with E-state index in [4.69, 9.17) is 10.1 Å². The predicted octanol–water partition coefficient (Wildman–Crippen LogP) is 3.18. The molecule has 1 heterocycles. The third-order valence-corrected chi connectivity index (χ3v) is 8.42. The molecule has 0 fully saturated rings. The van der Waals surface area contributed by atoms with E-state index in [0.717, 1.165) is 33.6 Å². The minimum Gasteiger partial charge on any atom is -0.455 e. The number of amides is 1. The molecule has 0 bridgehead atoms. The van der Waals surface area contributed by atoms with E-state index in [-0.39, 0.29) is 42.3 Å². The molecule has 0 spiro atoms. The number of sulfonamides is 1. The number of hydrogen-bond donors (Lipinski definition) is 3. The second-order valence-electron chi connectivity index (χ2n) is 7.60. The van der Waals surface area contributed by atoms with E-state index in [9.17, 15) is 22.4 Å². The fraction of sp³-hybridized carbons (Fsp3) is 0.368. The largest absolute Gasteiger partial charge is 0.455 e. The number of esters is 1. The van der Waals surface area contributed by atoms with Crippen LogP contribution >= 0.6 is 20.1 Å². The number of carbonyl (C=O) groups excluding carboxylic acids is 2. The maximum absolute atomic E-state index is 14.6. The fourth-order valence-electron chi connectivity index (χ4n) is 2.49. The normalized spacial score (nSPS) is 11.9. The van der Waals surface area contributed by atoms with Crippen molar-refractivity contribution in [2.75, 3.05) is 23.1 Å². The van der Waals surface area contributed by atoms with Crippen molar-refractivity contribution in [2.45, 2.75) is 37.7 Å². The van der Waals surface area contributed by atoms with Crippen molar-refractivity contribution in [1.29, 1.82) is 5.41 Å². The van der Waals surface area contributed by atoms with E-state index in [1.807, 2.05) is 0 Å². The Bertz CT molecular complexity index is 1160. The van der Waals surface area contributed by atoms with E-state index in [0.29, 0.717) is 0 Å². The molecule has 0 aliphatic carbocycles. The third kappa shape index (κ3) is 6.68. The van der Waals surface area contributed by atoms with Gasteiger partial charge in [0.15, 0.2) is 5.69 Å². The van der Waals surface area contributed by atoms with Crippen molar-refractivity contribution < 1.29 is 27.1 Å². The second kappa shape index (κ2) is 10.5. The first-order chi connectivity index (χ1) is 15.3. The van der Waals surface area contributed by atoms with Gasteiger partial charge in [-0.2, -0.15) is 0 Å². The van der Waals surface area contributed by atoms with Gasteiger partial charge in [0, 0.05) is 7.05 Å². The van der Waals surface area contributed by atoms with Crippen LogP contribution in [0.5, 0.6) is 0 Å². The van der Waals surface area contributed by atoms with Gasteiger partial charge in [0.2, 0.25) is 5.91 Å². The molecule has 0 aliphatic rings. The van der Waals surface area contributed by atoms with Gasteiger partial charge >= 0.3 is 5.97 Å². The topological polar surface area (TPSA) is 142 Å². The van der Waals surface area contributed by atoms with Crippen molar-refractivity contribution in [1.82, 2.24) is 10.3 Å². The summed E-state index contributed by atoms with van der Waals surface area (Å²) in [5, 5.41) is 12.3. The summed E-state index contributed by atoms with van der Waals surface area (Å²) in [5.41, 5.74) is 0.162. The number of ether oxygens (including phenoxy) is 1. The summed E-state index contributed by atoms with van der Waals surface area (Å²) in [4.78, 5) is 28.0. The zero-order valence-electron chi connectivity index (χ0n) is 18.6. The Morgan fingerprint density at radius 2 is 2.00 bits per heavy atom. The van der Waals surface area contributed by atoms with Crippen molar-refractivity contribution in [3.05, 3.63) is 35.2 Å². The molecule has 1 atom stereocenters. The number of anilines is 2. The lowest BCUT2D eigenvalue weighted by atomic mass is 10.2. The molecule has 1 amide bonds. The van der Waals surface area contributed by atoms with Gasteiger partial charge in [-0.15, -0.1) is 11.3 Å². The highest BCUT2D eigenvalue weighted by Gasteiger charge is 2.32. The number of thiazole rings is 1. The molecule has 10 nitrogen and oxygen atoms in total. The van der Waals surface area contributed by atoms with Crippen LogP contribution in [-0.4, -0.2) is 50.4 Å². The molecule has 0 aliphatic heterocycles. The molecule has 1 aromatic carbocycles. The lowest BCUT2D eigenvalue weighted by Gasteiger charge is -2.23. The number of benzene rings is 1. The molecule has 14 heteroatoms. The highest BCUT2D eigenvalue weighted by atomic mass is 32.2. The van der Waals surface area contributed by atoms with E-state index in [1.54, 1.807) is 27.4 Å². The first-order valence-corrected chi connectivity index (χ1v) is 13.3. The molecular weight excluding hydrogens is 492 g/mol. The monoisotopic (exact) mass is 517 g/mol. The summed E-state index contributed by atoms with van der Waals surface area (Å²) >= 11 is 0.947. The summed E-state index contributed by atoms with van der Waals surface area (Å²) in [7, 11) is -3.10. The van der Waals surface area contributed by atoms with Gasteiger partial charge in [0.25, 0.3) is 10.0 Å². The molecule has 3 N–H and O–H groups in total. The number of halogens is 1. The molecule has 0 saturated heterocycles. The van der Waals surface area contributed by atoms with Crippen molar-refractivity contribution in [3.8, 4) is 0 Å². The van der Waals surface area contributed by atoms with Crippen LogP contribution < -0.4 is 14.7 Å². The SMILES string of the molecule is CNC(=N)CC(=O)Nc1ccc(S(=O)(=O)N(PC)c2scnc2C(=O)OC(C)(C)C)cc1F. The molecule has 1 aromatic heterocycles. The van der Waals surface area contributed by atoms with Crippen LogP contribution in [-0.2, 0) is 19.6 Å². The first kappa shape index (κ1) is 26.6. The number of hydrogen-bond acceptors (Lipinski definition) is 8. The Morgan fingerprint density at radius 1 is 1.33 bits per heavy atom. The van der Waals surface area contributed by atoms with Gasteiger partial charge in [0.1, 0.15) is 22.3 Å². The van der Waals surface area contributed by atoms with Gasteiger partial charge < -0.3 is 15.4 Å². The van der Waals surface area contributed by atoms with Crippen LogP contribution in [0, 0.1) is 11.2 Å².